The third-order valence-corrected chi connectivity index (χ3v) is 3.43. The van der Waals surface area contributed by atoms with Crippen molar-refractivity contribution in [3.8, 4) is 0 Å². The van der Waals surface area contributed by atoms with Crippen LogP contribution in [0.25, 0.3) is 0 Å². The van der Waals surface area contributed by atoms with E-state index in [-0.39, 0.29) is 0 Å². The fourth-order valence-electron chi connectivity index (χ4n) is 1.42. The van der Waals surface area contributed by atoms with Gasteiger partial charge in [-0.15, -0.1) is 11.8 Å². The van der Waals surface area contributed by atoms with Crippen molar-refractivity contribution in [2.45, 2.75) is 18.7 Å². The number of hydrogen-bond acceptors (Lipinski definition) is 2. The van der Waals surface area contributed by atoms with Crippen molar-refractivity contribution in [2.75, 3.05) is 5.75 Å². The highest BCUT2D eigenvalue weighted by atomic mass is 32.2. The SMILES string of the molecule is CC[C@@H]1N=C(c2ccccc2)CS1. The van der Waals surface area contributed by atoms with Gasteiger partial charge in [-0.25, -0.2) is 0 Å². The van der Waals surface area contributed by atoms with Gasteiger partial charge in [0.25, 0.3) is 0 Å². The second-order valence-corrected chi connectivity index (χ2v) is 4.28. The van der Waals surface area contributed by atoms with E-state index in [1.165, 1.54) is 11.3 Å². The summed E-state index contributed by atoms with van der Waals surface area (Å²) in [5, 5.41) is 0.496. The molecule has 0 N–H and O–H groups in total. The van der Waals surface area contributed by atoms with Crippen LogP contribution < -0.4 is 0 Å². The van der Waals surface area contributed by atoms with Crippen molar-refractivity contribution >= 4 is 17.5 Å². The molecular formula is C11H13NS. The lowest BCUT2D eigenvalue weighted by atomic mass is 10.1. The van der Waals surface area contributed by atoms with Crippen LogP contribution in [0.4, 0.5) is 0 Å². The molecule has 0 aromatic heterocycles. The Morgan fingerprint density at radius 2 is 2.15 bits per heavy atom. The van der Waals surface area contributed by atoms with Gasteiger partial charge in [-0.2, -0.15) is 0 Å². The van der Waals surface area contributed by atoms with Crippen LogP contribution in [0.5, 0.6) is 0 Å². The predicted molar refractivity (Wildman–Crippen MR) is 59.5 cm³/mol. The first kappa shape index (κ1) is 8.82. The Hall–Kier alpha value is -0.760. The summed E-state index contributed by atoms with van der Waals surface area (Å²) in [7, 11) is 0. The van der Waals surface area contributed by atoms with E-state index in [4.69, 9.17) is 0 Å². The molecule has 13 heavy (non-hydrogen) atoms. The zero-order valence-electron chi connectivity index (χ0n) is 7.73. The molecule has 2 heteroatoms. The Kier molecular flexibility index (Phi) is 2.69. The van der Waals surface area contributed by atoms with Crippen molar-refractivity contribution < 1.29 is 0 Å². The van der Waals surface area contributed by atoms with Gasteiger partial charge < -0.3 is 0 Å². The van der Waals surface area contributed by atoms with E-state index in [9.17, 15) is 0 Å². The lowest BCUT2D eigenvalue weighted by Gasteiger charge is -1.97. The quantitative estimate of drug-likeness (QED) is 0.700. The maximum absolute atomic E-state index is 4.66. The average Bonchev–Trinajstić information content (AvgIpc) is 2.67. The van der Waals surface area contributed by atoms with Gasteiger partial charge in [0.1, 0.15) is 0 Å². The molecule has 0 spiro atoms. The third kappa shape index (κ3) is 1.94. The first-order valence-corrected chi connectivity index (χ1v) is 5.68. The molecule has 0 amide bonds. The van der Waals surface area contributed by atoms with Crippen molar-refractivity contribution in [1.82, 2.24) is 0 Å². The summed E-state index contributed by atoms with van der Waals surface area (Å²) < 4.78 is 0. The molecule has 1 nitrogen and oxygen atoms in total. The van der Waals surface area contributed by atoms with Crippen LogP contribution >= 0.6 is 11.8 Å². The fraction of sp³-hybridized carbons (Fsp3) is 0.364. The molecular weight excluding hydrogens is 178 g/mol. The maximum Gasteiger partial charge on any atom is 0.0956 e. The van der Waals surface area contributed by atoms with Crippen LogP contribution in [0.3, 0.4) is 0 Å². The molecule has 1 aromatic carbocycles. The lowest BCUT2D eigenvalue weighted by molar-refractivity contribution is 0.881. The van der Waals surface area contributed by atoms with Gasteiger partial charge in [-0.1, -0.05) is 37.3 Å². The first-order chi connectivity index (χ1) is 6.40. The number of aliphatic imine (C=N–C) groups is 1. The van der Waals surface area contributed by atoms with E-state index in [1.807, 2.05) is 17.8 Å². The van der Waals surface area contributed by atoms with E-state index in [0.717, 1.165) is 12.2 Å². The van der Waals surface area contributed by atoms with E-state index in [2.05, 4.69) is 36.2 Å². The fourth-order valence-corrected chi connectivity index (χ4v) is 2.45. The number of hydrogen-bond donors (Lipinski definition) is 0. The zero-order valence-corrected chi connectivity index (χ0v) is 8.55. The molecule has 0 bridgehead atoms. The highest BCUT2D eigenvalue weighted by Gasteiger charge is 2.16. The van der Waals surface area contributed by atoms with E-state index >= 15 is 0 Å². The minimum absolute atomic E-state index is 0.496. The number of nitrogens with zero attached hydrogens (tertiary/aromatic N) is 1. The van der Waals surface area contributed by atoms with Crippen LogP contribution in [0.2, 0.25) is 0 Å². The Labute approximate surface area is 83.3 Å². The van der Waals surface area contributed by atoms with Crippen LogP contribution in [-0.2, 0) is 0 Å². The normalized spacial score (nSPS) is 21.6. The molecule has 1 aromatic rings. The molecule has 0 saturated carbocycles. The van der Waals surface area contributed by atoms with E-state index in [0.29, 0.717) is 5.37 Å². The Morgan fingerprint density at radius 3 is 2.77 bits per heavy atom. The second-order valence-electron chi connectivity index (χ2n) is 3.12. The van der Waals surface area contributed by atoms with Gasteiger partial charge in [-0.05, 0) is 12.0 Å². The number of thioether (sulfide) groups is 1. The minimum Gasteiger partial charge on any atom is -0.274 e. The van der Waals surface area contributed by atoms with Gasteiger partial charge in [0.15, 0.2) is 0 Å². The first-order valence-electron chi connectivity index (χ1n) is 4.64. The van der Waals surface area contributed by atoms with Gasteiger partial charge in [0.05, 0.1) is 11.1 Å². The van der Waals surface area contributed by atoms with Crippen molar-refractivity contribution in [2.24, 2.45) is 4.99 Å². The molecule has 1 aliphatic heterocycles. The monoisotopic (exact) mass is 191 g/mol. The largest absolute Gasteiger partial charge is 0.274 e. The van der Waals surface area contributed by atoms with Crippen LogP contribution in [0.15, 0.2) is 35.3 Å². The summed E-state index contributed by atoms with van der Waals surface area (Å²) in [4.78, 5) is 4.66. The zero-order chi connectivity index (χ0) is 9.10. The molecule has 0 unspecified atom stereocenters. The molecule has 0 aliphatic carbocycles. The molecule has 2 rings (SSSR count). The van der Waals surface area contributed by atoms with Gasteiger partial charge in [0, 0.05) is 5.75 Å². The Morgan fingerprint density at radius 1 is 1.38 bits per heavy atom. The van der Waals surface area contributed by atoms with Gasteiger partial charge in [-0.3, -0.25) is 4.99 Å². The summed E-state index contributed by atoms with van der Waals surface area (Å²) in [6.07, 6.45) is 1.14. The Balaban J connectivity index is 2.19. The molecule has 1 aliphatic rings. The van der Waals surface area contributed by atoms with Crippen LogP contribution in [0, 0.1) is 0 Å². The molecule has 0 saturated heterocycles. The number of benzene rings is 1. The molecule has 1 heterocycles. The van der Waals surface area contributed by atoms with Crippen molar-refractivity contribution in [3.63, 3.8) is 0 Å². The summed E-state index contributed by atoms with van der Waals surface area (Å²) >= 11 is 1.94. The van der Waals surface area contributed by atoms with Crippen LogP contribution in [-0.4, -0.2) is 16.8 Å². The highest BCUT2D eigenvalue weighted by molar-refractivity contribution is 8.00. The third-order valence-electron chi connectivity index (χ3n) is 2.17. The minimum atomic E-state index is 0.496. The lowest BCUT2D eigenvalue weighted by Crippen LogP contribution is -1.98. The average molecular weight is 191 g/mol. The predicted octanol–water partition coefficient (Wildman–Crippen LogP) is 2.96. The van der Waals surface area contributed by atoms with Gasteiger partial charge in [0.2, 0.25) is 0 Å². The van der Waals surface area contributed by atoms with Crippen LogP contribution in [0.1, 0.15) is 18.9 Å². The van der Waals surface area contributed by atoms with Gasteiger partial charge >= 0.3 is 0 Å². The summed E-state index contributed by atoms with van der Waals surface area (Å²) in [6, 6.07) is 10.5. The second kappa shape index (κ2) is 3.97. The maximum atomic E-state index is 4.66. The van der Waals surface area contributed by atoms with E-state index in [1.54, 1.807) is 0 Å². The smallest absolute Gasteiger partial charge is 0.0956 e. The summed E-state index contributed by atoms with van der Waals surface area (Å²) in [5.74, 6) is 1.07. The topological polar surface area (TPSA) is 12.4 Å². The molecule has 68 valence electrons. The number of rotatable bonds is 2. The van der Waals surface area contributed by atoms with Crippen molar-refractivity contribution in [3.05, 3.63) is 35.9 Å². The highest BCUT2D eigenvalue weighted by Crippen LogP contribution is 2.25. The Bertz CT molecular complexity index is 305. The van der Waals surface area contributed by atoms with Crippen molar-refractivity contribution in [1.29, 1.82) is 0 Å². The summed E-state index contributed by atoms with van der Waals surface area (Å²) in [5.41, 5.74) is 2.54. The standard InChI is InChI=1S/C11H13NS/c1-2-11-12-10(8-13-11)9-6-4-3-5-7-9/h3-7,11H,2,8H2,1H3/t11-/m1/s1. The molecule has 0 fully saturated rings. The summed E-state index contributed by atoms with van der Waals surface area (Å²) in [6.45, 7) is 2.19. The van der Waals surface area contributed by atoms with E-state index < -0.39 is 0 Å². The molecule has 1 atom stereocenters. The molecule has 0 radical (unpaired) electrons.